The zero-order valence-electron chi connectivity index (χ0n) is 15.7. The van der Waals surface area contributed by atoms with Gasteiger partial charge in [0.2, 0.25) is 11.1 Å². The van der Waals surface area contributed by atoms with Crippen molar-refractivity contribution >= 4 is 29.2 Å². The Morgan fingerprint density at radius 2 is 2.13 bits per heavy atom. The fraction of sp³-hybridized carbons (Fsp3) is 0.250. The van der Waals surface area contributed by atoms with Crippen LogP contribution >= 0.6 is 11.8 Å². The second-order valence-electron chi connectivity index (χ2n) is 7.10. The van der Waals surface area contributed by atoms with E-state index in [9.17, 15) is 14.9 Å². The van der Waals surface area contributed by atoms with E-state index in [1.807, 2.05) is 12.1 Å². The molecule has 0 unspecified atom stereocenters. The SMILES string of the molecule is O=C1CCC=C2Nc3nc(SCc4ccc([N+](=O)[O-])cc4)nn3[C@@H](c3ccco3)[C@H]12. The number of nitro groups is 1. The number of nitro benzene ring substituents is 1. The van der Waals surface area contributed by atoms with Crippen molar-refractivity contribution in [3.8, 4) is 0 Å². The van der Waals surface area contributed by atoms with Gasteiger partial charge in [-0.05, 0) is 24.1 Å². The lowest BCUT2D eigenvalue weighted by Crippen LogP contribution is -2.38. The summed E-state index contributed by atoms with van der Waals surface area (Å²) < 4.78 is 7.36. The van der Waals surface area contributed by atoms with Gasteiger partial charge in [0.05, 0.1) is 17.1 Å². The third kappa shape index (κ3) is 3.28. The first kappa shape index (κ1) is 18.6. The highest BCUT2D eigenvalue weighted by Crippen LogP contribution is 2.42. The Bertz CT molecular complexity index is 1140. The number of anilines is 1. The van der Waals surface area contributed by atoms with Gasteiger partial charge >= 0.3 is 0 Å². The van der Waals surface area contributed by atoms with Crippen molar-refractivity contribution in [1.29, 1.82) is 0 Å². The van der Waals surface area contributed by atoms with Crippen molar-refractivity contribution < 1.29 is 14.1 Å². The molecular weight excluding hydrogens is 406 g/mol. The number of nitrogens with zero attached hydrogens (tertiary/aromatic N) is 4. The summed E-state index contributed by atoms with van der Waals surface area (Å²) in [6, 6.07) is 9.69. The predicted molar refractivity (Wildman–Crippen MR) is 109 cm³/mol. The van der Waals surface area contributed by atoms with E-state index in [-0.39, 0.29) is 23.4 Å². The van der Waals surface area contributed by atoms with Crippen LogP contribution in [-0.4, -0.2) is 25.5 Å². The molecule has 152 valence electrons. The largest absolute Gasteiger partial charge is 0.467 e. The number of fused-ring (bicyclic) bond motifs is 2. The summed E-state index contributed by atoms with van der Waals surface area (Å²) in [6.45, 7) is 0. The molecule has 10 heteroatoms. The minimum absolute atomic E-state index is 0.0605. The second kappa shape index (κ2) is 7.45. The molecule has 3 aromatic rings. The molecule has 1 aliphatic carbocycles. The number of Topliss-reactive ketones (excluding diaryl/α,β-unsaturated/α-hetero) is 1. The van der Waals surface area contributed by atoms with Crippen LogP contribution in [0.4, 0.5) is 11.6 Å². The highest BCUT2D eigenvalue weighted by atomic mass is 32.2. The third-order valence-corrected chi connectivity index (χ3v) is 6.14. The maximum absolute atomic E-state index is 12.7. The standard InChI is InChI=1S/C20H17N5O4S/c26-15-4-1-3-14-17(15)18(16-5-2-10-29-16)24-19(21-14)22-20(23-24)30-11-12-6-8-13(9-7-12)25(27)28/h2-3,5-10,17-18H,1,4,11H2,(H,21,22,23)/t17-,18-/m0/s1. The molecule has 0 radical (unpaired) electrons. The maximum atomic E-state index is 12.7. The number of nitrogens with one attached hydrogen (secondary N) is 1. The highest BCUT2D eigenvalue weighted by molar-refractivity contribution is 7.98. The number of carbonyl (C=O) groups is 1. The number of rotatable bonds is 5. The van der Waals surface area contributed by atoms with E-state index in [4.69, 9.17) is 4.42 Å². The van der Waals surface area contributed by atoms with E-state index in [1.54, 1.807) is 29.1 Å². The Balaban J connectivity index is 1.42. The first-order valence-electron chi connectivity index (χ1n) is 9.46. The molecule has 3 heterocycles. The van der Waals surface area contributed by atoms with Gasteiger partial charge in [-0.2, -0.15) is 4.98 Å². The van der Waals surface area contributed by atoms with E-state index in [0.29, 0.717) is 35.5 Å². The van der Waals surface area contributed by atoms with Crippen LogP contribution in [0.25, 0.3) is 0 Å². The molecule has 2 aromatic heterocycles. The van der Waals surface area contributed by atoms with Gasteiger partial charge < -0.3 is 9.73 Å². The molecule has 9 nitrogen and oxygen atoms in total. The normalized spacial score (nSPS) is 20.1. The summed E-state index contributed by atoms with van der Waals surface area (Å²) in [6.07, 6.45) is 4.84. The van der Waals surface area contributed by atoms with Gasteiger partial charge in [0.15, 0.2) is 0 Å². The topological polar surface area (TPSA) is 116 Å². The summed E-state index contributed by atoms with van der Waals surface area (Å²) >= 11 is 1.43. The van der Waals surface area contributed by atoms with Crippen LogP contribution in [0.2, 0.25) is 0 Å². The fourth-order valence-corrected chi connectivity index (χ4v) is 4.61. The summed E-state index contributed by atoms with van der Waals surface area (Å²) in [4.78, 5) is 27.7. The quantitative estimate of drug-likeness (QED) is 0.372. The lowest BCUT2D eigenvalue weighted by atomic mass is 9.83. The number of carbonyl (C=O) groups excluding carboxylic acids is 1. The predicted octanol–water partition coefficient (Wildman–Crippen LogP) is 3.95. The van der Waals surface area contributed by atoms with Crippen LogP contribution in [0.5, 0.6) is 0 Å². The van der Waals surface area contributed by atoms with Gasteiger partial charge in [-0.25, -0.2) is 4.68 Å². The molecule has 30 heavy (non-hydrogen) atoms. The number of aromatic nitrogens is 3. The maximum Gasteiger partial charge on any atom is 0.269 e. The third-order valence-electron chi connectivity index (χ3n) is 5.23. The number of ketones is 1. The molecule has 1 N–H and O–H groups in total. The first-order chi connectivity index (χ1) is 14.6. The van der Waals surface area contributed by atoms with Crippen LogP contribution in [0.1, 0.15) is 30.2 Å². The van der Waals surface area contributed by atoms with Crippen molar-refractivity contribution in [2.45, 2.75) is 29.8 Å². The number of allylic oxidation sites excluding steroid dienone is 2. The van der Waals surface area contributed by atoms with E-state index >= 15 is 0 Å². The number of furan rings is 1. The van der Waals surface area contributed by atoms with Gasteiger partial charge in [0, 0.05) is 30.0 Å². The average Bonchev–Trinajstić information content (AvgIpc) is 3.41. The van der Waals surface area contributed by atoms with Crippen molar-refractivity contribution in [1.82, 2.24) is 14.8 Å². The summed E-state index contributed by atoms with van der Waals surface area (Å²) in [5, 5.41) is 19.2. The van der Waals surface area contributed by atoms with Crippen LogP contribution in [0, 0.1) is 16.0 Å². The second-order valence-corrected chi connectivity index (χ2v) is 8.04. The van der Waals surface area contributed by atoms with Crippen molar-refractivity contribution in [2.24, 2.45) is 5.92 Å². The monoisotopic (exact) mass is 423 g/mol. The number of non-ortho nitro benzene ring substituents is 1. The van der Waals surface area contributed by atoms with Crippen LogP contribution in [0.15, 0.2) is 64.0 Å². The van der Waals surface area contributed by atoms with Crippen LogP contribution in [0.3, 0.4) is 0 Å². The smallest absolute Gasteiger partial charge is 0.269 e. The van der Waals surface area contributed by atoms with E-state index in [1.165, 1.54) is 23.9 Å². The highest BCUT2D eigenvalue weighted by Gasteiger charge is 2.43. The molecule has 5 rings (SSSR count). The number of benzene rings is 1. The van der Waals surface area contributed by atoms with Crippen molar-refractivity contribution in [3.63, 3.8) is 0 Å². The molecule has 1 aliphatic heterocycles. The number of hydrogen-bond donors (Lipinski definition) is 1. The average molecular weight is 423 g/mol. The number of hydrogen-bond acceptors (Lipinski definition) is 8. The van der Waals surface area contributed by atoms with E-state index in [2.05, 4.69) is 15.4 Å². The molecule has 0 saturated heterocycles. The van der Waals surface area contributed by atoms with Crippen LogP contribution < -0.4 is 5.32 Å². The van der Waals surface area contributed by atoms with Gasteiger partial charge in [-0.1, -0.05) is 30.0 Å². The van der Waals surface area contributed by atoms with Crippen LogP contribution in [-0.2, 0) is 10.5 Å². The summed E-state index contributed by atoms with van der Waals surface area (Å²) in [5.74, 6) is 1.59. The zero-order chi connectivity index (χ0) is 20.7. The van der Waals surface area contributed by atoms with Gasteiger partial charge in [-0.15, -0.1) is 5.10 Å². The Kier molecular flexibility index (Phi) is 4.62. The van der Waals surface area contributed by atoms with E-state index < -0.39 is 4.92 Å². The lowest BCUT2D eigenvalue weighted by Gasteiger charge is -2.34. The Hall–Kier alpha value is -3.40. The molecule has 2 atom stereocenters. The Morgan fingerprint density at radius 1 is 1.30 bits per heavy atom. The van der Waals surface area contributed by atoms with Gasteiger partial charge in [0.25, 0.3) is 5.69 Å². The van der Waals surface area contributed by atoms with Gasteiger partial charge in [0.1, 0.15) is 17.6 Å². The van der Waals surface area contributed by atoms with Gasteiger partial charge in [-0.3, -0.25) is 14.9 Å². The lowest BCUT2D eigenvalue weighted by molar-refractivity contribution is -0.384. The molecule has 1 aromatic carbocycles. The molecule has 0 saturated carbocycles. The minimum atomic E-state index is -0.419. The molecule has 2 aliphatic rings. The van der Waals surface area contributed by atoms with Crippen molar-refractivity contribution in [3.05, 3.63) is 75.9 Å². The van der Waals surface area contributed by atoms with Crippen molar-refractivity contribution in [2.75, 3.05) is 5.32 Å². The molecular formula is C20H17N5O4S. The molecule has 0 bridgehead atoms. The fourth-order valence-electron chi connectivity index (χ4n) is 3.82. The zero-order valence-corrected chi connectivity index (χ0v) is 16.5. The molecule has 0 amide bonds. The Labute approximate surface area is 175 Å². The first-order valence-corrected chi connectivity index (χ1v) is 10.4. The minimum Gasteiger partial charge on any atom is -0.467 e. The van der Waals surface area contributed by atoms with E-state index in [0.717, 1.165) is 11.3 Å². The molecule has 0 spiro atoms. The number of thioether (sulfide) groups is 1. The summed E-state index contributed by atoms with van der Waals surface area (Å²) in [5.41, 5.74) is 1.84. The summed E-state index contributed by atoms with van der Waals surface area (Å²) in [7, 11) is 0. The Morgan fingerprint density at radius 3 is 2.87 bits per heavy atom. The molecule has 0 fully saturated rings.